The number of nitrogens with zero attached hydrogens (tertiary/aromatic N) is 1. The van der Waals surface area contributed by atoms with E-state index in [0.29, 0.717) is 0 Å². The lowest BCUT2D eigenvalue weighted by atomic mass is 10.4. The van der Waals surface area contributed by atoms with Crippen LogP contribution in [0.5, 0.6) is 0 Å². The van der Waals surface area contributed by atoms with Gasteiger partial charge in [0.25, 0.3) is 0 Å². The summed E-state index contributed by atoms with van der Waals surface area (Å²) in [7, 11) is 0. The molecule has 0 aliphatic heterocycles. The second kappa shape index (κ2) is 9.84. The fourth-order valence-electron chi connectivity index (χ4n) is 1.42. The second-order valence-electron chi connectivity index (χ2n) is 3.78. The zero-order valence-corrected chi connectivity index (χ0v) is 11.0. The molecule has 0 amide bonds. The average molecular weight is 240 g/mol. The molecule has 1 aromatic rings. The van der Waals surface area contributed by atoms with Crippen molar-refractivity contribution < 1.29 is 0 Å². The van der Waals surface area contributed by atoms with E-state index in [1.165, 1.54) is 6.21 Å². The third kappa shape index (κ3) is 6.73. The molecule has 0 spiro atoms. The van der Waals surface area contributed by atoms with Gasteiger partial charge in [-0.2, -0.15) is 0 Å². The Labute approximate surface area is 103 Å². The zero-order chi connectivity index (χ0) is 13.1. The molecule has 0 atom stereocenters. The molecule has 98 valence electrons. The van der Waals surface area contributed by atoms with Gasteiger partial charge < -0.3 is 15.7 Å². The van der Waals surface area contributed by atoms with Crippen molar-refractivity contribution in [2.45, 2.75) is 40.2 Å². The minimum Gasteiger partial charge on any atom is -0.317 e. The molecule has 0 aromatic carbocycles. The Kier molecular flexibility index (Phi) is 9.05. The number of H-pyrrole nitrogens is 1. The minimum absolute atomic E-state index is 0.00186. The van der Waals surface area contributed by atoms with Crippen LogP contribution < -0.4 is 11.0 Å². The van der Waals surface area contributed by atoms with Crippen molar-refractivity contribution >= 4 is 6.21 Å². The van der Waals surface area contributed by atoms with Crippen LogP contribution in [-0.4, -0.2) is 28.9 Å². The molecule has 1 rings (SSSR count). The summed E-state index contributed by atoms with van der Waals surface area (Å²) in [6, 6.07) is 0. The Morgan fingerprint density at radius 3 is 2.65 bits per heavy atom. The molecule has 0 saturated heterocycles. The van der Waals surface area contributed by atoms with Crippen LogP contribution in [0.25, 0.3) is 0 Å². The van der Waals surface area contributed by atoms with Gasteiger partial charge in [0.2, 0.25) is 0 Å². The Morgan fingerprint density at radius 2 is 2.18 bits per heavy atom. The third-order valence-corrected chi connectivity index (χ3v) is 2.24. The van der Waals surface area contributed by atoms with Gasteiger partial charge in [0.1, 0.15) is 0 Å². The van der Waals surface area contributed by atoms with Crippen molar-refractivity contribution in [1.82, 2.24) is 14.9 Å². The standard InChI is InChI=1S/C10H19N3O.C2H5N/c1-3-5-11-6-4-7-13-9(2)8-12-10(13)14;1-2-3/h8,11H,3-7H2,1-2H3,(H,12,14);2-3H,1H3. The quantitative estimate of drug-likeness (QED) is 0.521. The lowest BCUT2D eigenvalue weighted by Crippen LogP contribution is -2.22. The highest BCUT2D eigenvalue weighted by Crippen LogP contribution is 1.93. The van der Waals surface area contributed by atoms with Gasteiger partial charge in [-0.15, -0.1) is 0 Å². The highest BCUT2D eigenvalue weighted by Gasteiger charge is 1.99. The fraction of sp³-hybridized carbons (Fsp3) is 0.667. The topological polar surface area (TPSA) is 73.7 Å². The maximum absolute atomic E-state index is 11.2. The number of hydrogen-bond acceptors (Lipinski definition) is 3. The Hall–Kier alpha value is -1.36. The molecule has 1 heterocycles. The van der Waals surface area contributed by atoms with Crippen molar-refractivity contribution in [3.8, 4) is 0 Å². The van der Waals surface area contributed by atoms with Crippen LogP contribution in [-0.2, 0) is 6.54 Å². The largest absolute Gasteiger partial charge is 0.325 e. The Bertz CT molecular complexity index is 354. The van der Waals surface area contributed by atoms with E-state index in [1.807, 2.05) is 6.92 Å². The van der Waals surface area contributed by atoms with Crippen molar-refractivity contribution in [2.24, 2.45) is 0 Å². The lowest BCUT2D eigenvalue weighted by molar-refractivity contribution is 0.563. The molecule has 0 unspecified atom stereocenters. The number of aromatic nitrogens is 2. The summed E-state index contributed by atoms with van der Waals surface area (Å²) in [5.41, 5.74) is 1.00. The summed E-state index contributed by atoms with van der Waals surface area (Å²) in [5, 5.41) is 9.39. The van der Waals surface area contributed by atoms with Crippen molar-refractivity contribution in [3.63, 3.8) is 0 Å². The smallest absolute Gasteiger partial charge is 0.317 e. The van der Waals surface area contributed by atoms with E-state index >= 15 is 0 Å². The molecule has 0 aliphatic carbocycles. The second-order valence-corrected chi connectivity index (χ2v) is 3.78. The van der Waals surface area contributed by atoms with E-state index in [-0.39, 0.29) is 5.69 Å². The SMILES string of the molecule is CC=N.CCCNCCCn1c(C)c[nH]c1=O. The predicted octanol–water partition coefficient (Wildman–Crippen LogP) is 1.53. The highest BCUT2D eigenvalue weighted by atomic mass is 16.1. The van der Waals surface area contributed by atoms with Crippen molar-refractivity contribution in [2.75, 3.05) is 13.1 Å². The highest BCUT2D eigenvalue weighted by molar-refractivity contribution is 5.48. The molecule has 0 radical (unpaired) electrons. The van der Waals surface area contributed by atoms with Gasteiger partial charge in [-0.25, -0.2) is 4.79 Å². The molecule has 17 heavy (non-hydrogen) atoms. The van der Waals surface area contributed by atoms with Gasteiger partial charge in [0.15, 0.2) is 0 Å². The number of rotatable bonds is 6. The number of hydrogen-bond donors (Lipinski definition) is 3. The number of nitrogens with one attached hydrogen (secondary N) is 3. The molecule has 0 bridgehead atoms. The van der Waals surface area contributed by atoms with Crippen LogP contribution in [0, 0.1) is 12.3 Å². The molecule has 0 saturated carbocycles. The Balaban J connectivity index is 0.000000770. The van der Waals surface area contributed by atoms with Crippen LogP contribution in [0.1, 0.15) is 32.4 Å². The summed E-state index contributed by atoms with van der Waals surface area (Å²) in [6.07, 6.45) is 5.16. The van der Waals surface area contributed by atoms with E-state index in [0.717, 1.165) is 38.2 Å². The van der Waals surface area contributed by atoms with Gasteiger partial charge in [0.05, 0.1) is 0 Å². The van der Waals surface area contributed by atoms with Crippen molar-refractivity contribution in [1.29, 1.82) is 5.41 Å². The van der Waals surface area contributed by atoms with E-state index in [1.54, 1.807) is 17.7 Å². The van der Waals surface area contributed by atoms with Crippen LogP contribution in [0.3, 0.4) is 0 Å². The maximum atomic E-state index is 11.2. The first-order chi connectivity index (χ1) is 8.17. The molecule has 0 aliphatic rings. The minimum atomic E-state index is -0.00186. The molecular formula is C12H24N4O. The summed E-state index contributed by atoms with van der Waals surface area (Å²) in [5.74, 6) is 0. The summed E-state index contributed by atoms with van der Waals surface area (Å²) >= 11 is 0. The van der Waals surface area contributed by atoms with E-state index in [2.05, 4.69) is 17.2 Å². The molecule has 5 nitrogen and oxygen atoms in total. The maximum Gasteiger partial charge on any atom is 0.325 e. The monoisotopic (exact) mass is 240 g/mol. The molecule has 0 fully saturated rings. The Morgan fingerprint density at radius 1 is 1.53 bits per heavy atom. The normalized spacial score (nSPS) is 9.59. The lowest BCUT2D eigenvalue weighted by Gasteiger charge is -2.04. The van der Waals surface area contributed by atoms with Gasteiger partial charge in [-0.1, -0.05) is 6.92 Å². The average Bonchev–Trinajstić information content (AvgIpc) is 2.61. The van der Waals surface area contributed by atoms with Crippen LogP contribution >= 0.6 is 0 Å². The number of aromatic amines is 1. The molecular weight excluding hydrogens is 216 g/mol. The first-order valence-corrected chi connectivity index (χ1v) is 6.08. The summed E-state index contributed by atoms with van der Waals surface area (Å²) < 4.78 is 1.77. The van der Waals surface area contributed by atoms with Gasteiger partial charge in [-0.05, 0) is 46.0 Å². The summed E-state index contributed by atoms with van der Waals surface area (Å²) in [4.78, 5) is 13.9. The fourth-order valence-corrected chi connectivity index (χ4v) is 1.42. The predicted molar refractivity (Wildman–Crippen MR) is 72.0 cm³/mol. The van der Waals surface area contributed by atoms with Crippen LogP contribution in [0.15, 0.2) is 11.0 Å². The number of imidazole rings is 1. The third-order valence-electron chi connectivity index (χ3n) is 2.24. The van der Waals surface area contributed by atoms with E-state index in [9.17, 15) is 4.79 Å². The van der Waals surface area contributed by atoms with Crippen LogP contribution in [0.2, 0.25) is 0 Å². The van der Waals surface area contributed by atoms with Gasteiger partial charge >= 0.3 is 5.69 Å². The molecule has 5 heteroatoms. The summed E-state index contributed by atoms with van der Waals surface area (Å²) in [6.45, 7) is 8.59. The van der Waals surface area contributed by atoms with Gasteiger partial charge in [-0.3, -0.25) is 4.57 Å². The molecule has 1 aromatic heterocycles. The van der Waals surface area contributed by atoms with E-state index < -0.39 is 0 Å². The molecule has 3 N–H and O–H groups in total. The first kappa shape index (κ1) is 15.6. The zero-order valence-electron chi connectivity index (χ0n) is 11.0. The van der Waals surface area contributed by atoms with Crippen LogP contribution in [0.4, 0.5) is 0 Å². The van der Waals surface area contributed by atoms with E-state index in [4.69, 9.17) is 5.41 Å². The van der Waals surface area contributed by atoms with Crippen molar-refractivity contribution in [3.05, 3.63) is 22.4 Å². The number of aryl methyl sites for hydroxylation is 1. The first-order valence-electron chi connectivity index (χ1n) is 6.08. The van der Waals surface area contributed by atoms with Gasteiger partial charge in [0, 0.05) is 18.4 Å².